The molecule has 33 heavy (non-hydrogen) atoms. The van der Waals surface area contributed by atoms with Crippen molar-refractivity contribution in [2.75, 3.05) is 18.1 Å². The molecule has 178 valence electrons. The molecule has 3 fully saturated rings. The molecule has 3 saturated carbocycles. The molecule has 3 N–H and O–H groups in total. The fourth-order valence-electron chi connectivity index (χ4n) is 8.40. The van der Waals surface area contributed by atoms with Crippen LogP contribution in [0.25, 0.3) is 0 Å². The van der Waals surface area contributed by atoms with Crippen molar-refractivity contribution in [1.82, 2.24) is 4.90 Å². The maximum Gasteiger partial charge on any atom is 0.246 e. The number of benzene rings is 1. The Hall–Kier alpha value is -2.30. The third-order valence-electron chi connectivity index (χ3n) is 10.4. The van der Waals surface area contributed by atoms with Crippen LogP contribution in [0, 0.1) is 41.4 Å². The first-order valence-corrected chi connectivity index (χ1v) is 12.8. The van der Waals surface area contributed by atoms with Crippen molar-refractivity contribution in [2.45, 2.75) is 71.8 Å². The van der Waals surface area contributed by atoms with Crippen LogP contribution in [0.15, 0.2) is 30.4 Å². The average molecular weight is 450 g/mol. The van der Waals surface area contributed by atoms with Crippen molar-refractivity contribution in [2.24, 2.45) is 34.5 Å². The van der Waals surface area contributed by atoms with Crippen LogP contribution in [-0.4, -0.2) is 29.8 Å². The third-order valence-corrected chi connectivity index (χ3v) is 10.4. The van der Waals surface area contributed by atoms with E-state index in [4.69, 9.17) is 5.73 Å². The highest BCUT2D eigenvalue weighted by molar-refractivity contribution is 5.94. The van der Waals surface area contributed by atoms with Crippen LogP contribution in [0.5, 0.6) is 0 Å². The number of nitrogens with one attached hydrogen (secondary N) is 1. The van der Waals surface area contributed by atoms with Crippen LogP contribution in [0.2, 0.25) is 0 Å². The van der Waals surface area contributed by atoms with Crippen LogP contribution in [0.3, 0.4) is 0 Å². The van der Waals surface area contributed by atoms with Gasteiger partial charge in [-0.1, -0.05) is 32.1 Å². The molecule has 4 unspecified atom stereocenters. The first-order chi connectivity index (χ1) is 15.6. The van der Waals surface area contributed by atoms with Crippen molar-refractivity contribution in [3.05, 3.63) is 35.9 Å². The van der Waals surface area contributed by atoms with Crippen LogP contribution in [0.1, 0.15) is 64.4 Å². The molecule has 5 rings (SSSR count). The summed E-state index contributed by atoms with van der Waals surface area (Å²) in [5.41, 5.74) is 8.87. The van der Waals surface area contributed by atoms with Crippen molar-refractivity contribution >= 4 is 23.2 Å². The van der Waals surface area contributed by atoms with Gasteiger partial charge in [-0.3, -0.25) is 9.59 Å². The molecule has 2 amide bonds. The molecule has 4 aliphatic rings. The lowest BCUT2D eigenvalue weighted by atomic mass is 9.47. The normalized spacial score (nSPS) is 39.6. The van der Waals surface area contributed by atoms with E-state index in [9.17, 15) is 9.59 Å². The van der Waals surface area contributed by atoms with E-state index in [1.54, 1.807) is 0 Å². The topological polar surface area (TPSA) is 75.4 Å². The number of carbonyl (C=O) groups excluding carboxylic acids is 2. The summed E-state index contributed by atoms with van der Waals surface area (Å²) in [4.78, 5) is 27.3. The maximum absolute atomic E-state index is 13.0. The number of nitrogen functional groups attached to an aromatic ring is 1. The molecule has 1 heterocycles. The van der Waals surface area contributed by atoms with Gasteiger partial charge in [0.1, 0.15) is 0 Å². The maximum atomic E-state index is 13.0. The van der Waals surface area contributed by atoms with Crippen LogP contribution in [-0.2, 0) is 9.59 Å². The van der Waals surface area contributed by atoms with Gasteiger partial charge in [0.05, 0.1) is 11.4 Å². The fraction of sp³-hybridized carbons (Fsp3) is 0.643. The Bertz CT molecular complexity index is 1000. The highest BCUT2D eigenvalue weighted by Crippen LogP contribution is 2.66. The van der Waals surface area contributed by atoms with E-state index >= 15 is 0 Å². The smallest absolute Gasteiger partial charge is 0.246 e. The Morgan fingerprint density at radius 2 is 1.94 bits per heavy atom. The number of aryl methyl sites for hydroxylation is 1. The highest BCUT2D eigenvalue weighted by atomic mass is 16.2. The first kappa shape index (κ1) is 22.5. The van der Waals surface area contributed by atoms with Gasteiger partial charge < -0.3 is 16.0 Å². The zero-order chi connectivity index (χ0) is 23.5. The Kier molecular flexibility index (Phi) is 5.37. The van der Waals surface area contributed by atoms with Gasteiger partial charge in [0.2, 0.25) is 11.8 Å². The van der Waals surface area contributed by atoms with Gasteiger partial charge in [0.25, 0.3) is 0 Å². The lowest BCUT2D eigenvalue weighted by Gasteiger charge is -2.60. The van der Waals surface area contributed by atoms with Gasteiger partial charge in [-0.25, -0.2) is 0 Å². The lowest BCUT2D eigenvalue weighted by Crippen LogP contribution is -2.59. The van der Waals surface area contributed by atoms with Crippen LogP contribution >= 0.6 is 0 Å². The Balaban J connectivity index is 1.32. The van der Waals surface area contributed by atoms with Gasteiger partial charge in [-0.15, -0.1) is 0 Å². The molecule has 1 aromatic rings. The third kappa shape index (κ3) is 3.41. The Morgan fingerprint density at radius 3 is 2.73 bits per heavy atom. The summed E-state index contributed by atoms with van der Waals surface area (Å²) in [6.07, 6.45) is 11.7. The first-order valence-electron chi connectivity index (χ1n) is 12.8. The number of likely N-dealkylation sites (N-methyl/N-ethyl adjacent to an activating group) is 1. The summed E-state index contributed by atoms with van der Waals surface area (Å²) in [6.45, 7) is 6.82. The monoisotopic (exact) mass is 449 g/mol. The Labute approximate surface area is 198 Å². The van der Waals surface area contributed by atoms with E-state index in [1.807, 2.05) is 43.1 Å². The summed E-state index contributed by atoms with van der Waals surface area (Å²) in [7, 11) is 1.98. The number of carbonyl (C=O) groups is 2. The number of hydrogen-bond acceptors (Lipinski definition) is 3. The molecule has 5 heteroatoms. The highest BCUT2D eigenvalue weighted by Gasteiger charge is 2.60. The summed E-state index contributed by atoms with van der Waals surface area (Å²) in [5.74, 6) is 2.65. The Morgan fingerprint density at radius 1 is 1.15 bits per heavy atom. The predicted octanol–water partition coefficient (Wildman–Crippen LogP) is 5.16. The molecule has 7 atom stereocenters. The van der Waals surface area contributed by atoms with Crippen molar-refractivity contribution < 1.29 is 9.59 Å². The number of rotatable bonds is 3. The standard InChI is InChI=1S/C28H39N3O2/c1-17-6-5-7-22(26(17)29)30-24(32)16-18-8-10-20-19-9-11-23-28(3,15-13-25(33)31(23)4)21(19)12-14-27(18,20)2/h5-7,13,15,18-21,23H,8-12,14,16,29H2,1-4H3,(H,30,32)/t18-,19?,20?,21?,23?,27-,28-/m1/s1. The SMILES string of the molecule is Cc1cccc(NC(=O)C[C@H]2CCC3C4CCC5N(C)C(=O)C=C[C@]5(C)C4CC[C@@]32C)c1N. The minimum Gasteiger partial charge on any atom is -0.397 e. The van der Waals surface area contributed by atoms with Gasteiger partial charge >= 0.3 is 0 Å². The molecule has 0 saturated heterocycles. The van der Waals surface area contributed by atoms with E-state index in [2.05, 4.69) is 25.2 Å². The zero-order valence-corrected chi connectivity index (χ0v) is 20.6. The van der Waals surface area contributed by atoms with Gasteiger partial charge in [0.15, 0.2) is 0 Å². The second-order valence-corrected chi connectivity index (χ2v) is 11.7. The number of hydrogen-bond donors (Lipinski definition) is 2. The van der Waals surface area contributed by atoms with Gasteiger partial charge in [0, 0.05) is 24.9 Å². The molecule has 0 spiro atoms. The van der Waals surface area contributed by atoms with E-state index < -0.39 is 0 Å². The number of amides is 2. The fourth-order valence-corrected chi connectivity index (χ4v) is 8.40. The zero-order valence-electron chi connectivity index (χ0n) is 20.6. The van der Waals surface area contributed by atoms with E-state index in [0.29, 0.717) is 41.8 Å². The average Bonchev–Trinajstić information content (AvgIpc) is 3.10. The van der Waals surface area contributed by atoms with Crippen LogP contribution < -0.4 is 11.1 Å². The summed E-state index contributed by atoms with van der Waals surface area (Å²) in [5, 5.41) is 3.09. The number of para-hydroxylation sites is 1. The number of anilines is 2. The summed E-state index contributed by atoms with van der Waals surface area (Å²) >= 11 is 0. The van der Waals surface area contributed by atoms with Gasteiger partial charge in [-0.2, -0.15) is 0 Å². The quantitative estimate of drug-likeness (QED) is 0.626. The molecular weight excluding hydrogens is 410 g/mol. The van der Waals surface area contributed by atoms with Crippen molar-refractivity contribution in [3.8, 4) is 0 Å². The molecule has 0 bridgehead atoms. The molecule has 0 aromatic heterocycles. The van der Waals surface area contributed by atoms with E-state index in [1.165, 1.54) is 25.7 Å². The van der Waals surface area contributed by atoms with E-state index in [-0.39, 0.29) is 22.6 Å². The van der Waals surface area contributed by atoms with Gasteiger partial charge in [-0.05, 0) is 92.2 Å². The lowest BCUT2D eigenvalue weighted by molar-refractivity contribution is -0.139. The largest absolute Gasteiger partial charge is 0.397 e. The minimum absolute atomic E-state index is 0.0745. The van der Waals surface area contributed by atoms with Crippen LogP contribution in [0.4, 0.5) is 11.4 Å². The summed E-state index contributed by atoms with van der Waals surface area (Å²) < 4.78 is 0. The predicted molar refractivity (Wildman–Crippen MR) is 132 cm³/mol. The molecule has 0 radical (unpaired) electrons. The molecule has 1 aromatic carbocycles. The van der Waals surface area contributed by atoms with Crippen molar-refractivity contribution in [1.29, 1.82) is 0 Å². The number of nitrogens with zero attached hydrogens (tertiary/aromatic N) is 1. The molecule has 3 aliphatic carbocycles. The number of nitrogens with two attached hydrogens (primary N) is 1. The second kappa shape index (κ2) is 7.89. The second-order valence-electron chi connectivity index (χ2n) is 11.7. The van der Waals surface area contributed by atoms with Crippen molar-refractivity contribution in [3.63, 3.8) is 0 Å². The molecular formula is C28H39N3O2. The minimum atomic E-state index is 0.0745. The molecule has 1 aliphatic heterocycles. The summed E-state index contributed by atoms with van der Waals surface area (Å²) in [6, 6.07) is 6.12. The number of fused-ring (bicyclic) bond motifs is 5. The van der Waals surface area contributed by atoms with E-state index in [0.717, 1.165) is 24.1 Å². The molecule has 5 nitrogen and oxygen atoms in total.